The molecule has 1 aliphatic carbocycles. The van der Waals surface area contributed by atoms with Crippen molar-refractivity contribution < 1.29 is 14.0 Å². The lowest BCUT2D eigenvalue weighted by molar-refractivity contribution is -0.128. The maximum Gasteiger partial charge on any atom is 0.276 e. The highest BCUT2D eigenvalue weighted by atomic mass is 35.5. The minimum absolute atomic E-state index is 0.000597. The fourth-order valence-corrected chi connectivity index (χ4v) is 4.37. The van der Waals surface area contributed by atoms with E-state index in [0.29, 0.717) is 0 Å². The smallest absolute Gasteiger partial charge is 0.276 e. The van der Waals surface area contributed by atoms with Gasteiger partial charge in [0.1, 0.15) is 11.9 Å². The third kappa shape index (κ3) is 4.93. The largest absolute Gasteiger partial charge is 0.349 e. The molecule has 1 N–H and O–H groups in total. The van der Waals surface area contributed by atoms with Crippen LogP contribution in [-0.4, -0.2) is 37.9 Å². The predicted octanol–water partition coefficient (Wildman–Crippen LogP) is 4.37. The summed E-state index contributed by atoms with van der Waals surface area (Å²) in [5.41, 5.74) is -0.429. The summed E-state index contributed by atoms with van der Waals surface area (Å²) in [4.78, 5) is 28.2. The molecular formula is C20H24ClFN4O2S. The van der Waals surface area contributed by atoms with Crippen LogP contribution < -0.4 is 5.32 Å². The number of carbonyl (C=O) groups excluding carboxylic acids is 2. The van der Waals surface area contributed by atoms with E-state index in [4.69, 9.17) is 11.6 Å². The van der Waals surface area contributed by atoms with Crippen molar-refractivity contribution in [2.24, 2.45) is 0 Å². The highest BCUT2D eigenvalue weighted by Crippen LogP contribution is 2.37. The quantitative estimate of drug-likeness (QED) is 0.752. The minimum Gasteiger partial charge on any atom is -0.349 e. The molecule has 1 heterocycles. The van der Waals surface area contributed by atoms with Crippen LogP contribution in [0.25, 0.3) is 0 Å². The molecule has 1 atom stereocenters. The van der Waals surface area contributed by atoms with Crippen LogP contribution in [0.5, 0.6) is 0 Å². The van der Waals surface area contributed by atoms with Crippen molar-refractivity contribution >= 4 is 34.9 Å². The zero-order chi connectivity index (χ0) is 21.2. The first-order chi connectivity index (χ1) is 13.7. The molecule has 156 valence electrons. The van der Waals surface area contributed by atoms with Crippen molar-refractivity contribution in [3.05, 3.63) is 45.7 Å². The van der Waals surface area contributed by atoms with Gasteiger partial charge in [-0.15, -0.1) is 5.10 Å². The first-order valence-electron chi connectivity index (χ1n) is 9.54. The van der Waals surface area contributed by atoms with Crippen molar-refractivity contribution in [1.82, 2.24) is 19.8 Å². The van der Waals surface area contributed by atoms with Gasteiger partial charge in [-0.3, -0.25) is 9.59 Å². The first-order valence-corrected chi connectivity index (χ1v) is 10.8. The highest BCUT2D eigenvalue weighted by molar-refractivity contribution is 7.03. The van der Waals surface area contributed by atoms with E-state index in [1.54, 1.807) is 0 Å². The van der Waals surface area contributed by atoms with Gasteiger partial charge in [0, 0.05) is 27.5 Å². The molecule has 0 spiro atoms. The summed E-state index contributed by atoms with van der Waals surface area (Å²) in [6.45, 7) is 5.49. The van der Waals surface area contributed by atoms with Crippen molar-refractivity contribution in [3.63, 3.8) is 0 Å². The van der Waals surface area contributed by atoms with Gasteiger partial charge in [-0.25, -0.2) is 4.39 Å². The van der Waals surface area contributed by atoms with Gasteiger partial charge < -0.3 is 10.2 Å². The Morgan fingerprint density at radius 3 is 2.55 bits per heavy atom. The Labute approximate surface area is 178 Å². The van der Waals surface area contributed by atoms with E-state index in [2.05, 4.69) is 14.9 Å². The third-order valence-corrected chi connectivity index (χ3v) is 5.66. The molecule has 0 aliphatic heterocycles. The Kier molecular flexibility index (Phi) is 6.53. The van der Waals surface area contributed by atoms with Crippen molar-refractivity contribution in [2.75, 3.05) is 0 Å². The SMILES string of the molecule is CC(C)(C)NC(=O)C(c1c(F)cccc1Cl)N(C(=O)c1csnn1)C1CCCC1. The normalized spacial score (nSPS) is 15.9. The molecule has 1 aliphatic rings. The summed E-state index contributed by atoms with van der Waals surface area (Å²) < 4.78 is 18.7. The lowest BCUT2D eigenvalue weighted by Gasteiger charge is -2.37. The Morgan fingerprint density at radius 1 is 1.31 bits per heavy atom. The second-order valence-corrected chi connectivity index (χ2v) is 9.23. The fourth-order valence-electron chi connectivity index (χ4n) is 3.67. The summed E-state index contributed by atoms with van der Waals surface area (Å²) in [5, 5.41) is 8.40. The molecule has 29 heavy (non-hydrogen) atoms. The molecule has 2 amide bonds. The van der Waals surface area contributed by atoms with E-state index >= 15 is 0 Å². The summed E-state index contributed by atoms with van der Waals surface area (Å²) in [6.07, 6.45) is 3.33. The van der Waals surface area contributed by atoms with Gasteiger partial charge in [0.05, 0.1) is 0 Å². The highest BCUT2D eigenvalue weighted by Gasteiger charge is 2.41. The van der Waals surface area contributed by atoms with Crippen LogP contribution in [0.2, 0.25) is 5.02 Å². The Morgan fingerprint density at radius 2 is 2.00 bits per heavy atom. The number of rotatable bonds is 5. The number of hydrogen-bond acceptors (Lipinski definition) is 5. The monoisotopic (exact) mass is 438 g/mol. The summed E-state index contributed by atoms with van der Waals surface area (Å²) >= 11 is 7.39. The van der Waals surface area contributed by atoms with Gasteiger partial charge in [-0.1, -0.05) is 35.0 Å². The maximum atomic E-state index is 14.9. The summed E-state index contributed by atoms with van der Waals surface area (Å²) in [7, 11) is 0. The van der Waals surface area contributed by atoms with E-state index in [9.17, 15) is 14.0 Å². The van der Waals surface area contributed by atoms with Gasteiger partial charge in [0.15, 0.2) is 5.69 Å². The van der Waals surface area contributed by atoms with E-state index in [1.807, 2.05) is 20.8 Å². The second kappa shape index (κ2) is 8.75. The Hall–Kier alpha value is -2.06. The molecule has 9 heteroatoms. The van der Waals surface area contributed by atoms with Crippen molar-refractivity contribution in [1.29, 1.82) is 0 Å². The Bertz CT molecular complexity index is 859. The number of nitrogens with zero attached hydrogens (tertiary/aromatic N) is 3. The van der Waals surface area contributed by atoms with E-state index in [1.165, 1.54) is 28.5 Å². The topological polar surface area (TPSA) is 75.2 Å². The molecule has 1 fully saturated rings. The van der Waals surface area contributed by atoms with Crippen molar-refractivity contribution in [3.8, 4) is 0 Å². The first kappa shape index (κ1) is 21.6. The van der Waals surface area contributed by atoms with Gasteiger partial charge in [-0.2, -0.15) is 0 Å². The number of benzene rings is 1. The fraction of sp³-hybridized carbons (Fsp3) is 0.500. The zero-order valence-corrected chi connectivity index (χ0v) is 18.2. The van der Waals surface area contributed by atoms with E-state index < -0.39 is 29.2 Å². The van der Waals surface area contributed by atoms with Gasteiger partial charge in [0.25, 0.3) is 5.91 Å². The van der Waals surface area contributed by atoms with Gasteiger partial charge in [-0.05, 0) is 57.3 Å². The molecule has 1 aromatic heterocycles. The van der Waals surface area contributed by atoms with Crippen molar-refractivity contribution in [2.45, 2.75) is 64.1 Å². The number of carbonyl (C=O) groups is 2. The van der Waals surface area contributed by atoms with E-state index in [0.717, 1.165) is 37.2 Å². The summed E-state index contributed by atoms with van der Waals surface area (Å²) in [5.74, 6) is -1.55. The minimum atomic E-state index is -1.21. The summed E-state index contributed by atoms with van der Waals surface area (Å²) in [6, 6.07) is 2.83. The molecular weight excluding hydrogens is 415 g/mol. The number of hydrogen-bond donors (Lipinski definition) is 1. The number of aromatic nitrogens is 2. The molecule has 0 saturated heterocycles. The lowest BCUT2D eigenvalue weighted by atomic mass is 9.98. The van der Waals surface area contributed by atoms with Crippen LogP contribution in [0.4, 0.5) is 4.39 Å². The molecule has 0 bridgehead atoms. The van der Waals surface area contributed by atoms with Gasteiger partial charge >= 0.3 is 0 Å². The third-order valence-electron chi connectivity index (χ3n) is 4.83. The van der Waals surface area contributed by atoms with Gasteiger partial charge in [0.2, 0.25) is 5.91 Å². The predicted molar refractivity (Wildman–Crippen MR) is 110 cm³/mol. The van der Waals surface area contributed by atoms with Crippen LogP contribution in [0.3, 0.4) is 0 Å². The second-order valence-electron chi connectivity index (χ2n) is 8.22. The average molecular weight is 439 g/mol. The number of nitrogens with one attached hydrogen (secondary N) is 1. The average Bonchev–Trinajstić information content (AvgIpc) is 3.32. The van der Waals surface area contributed by atoms with Crippen LogP contribution in [-0.2, 0) is 4.79 Å². The molecule has 0 radical (unpaired) electrons. The maximum absolute atomic E-state index is 14.9. The molecule has 6 nitrogen and oxygen atoms in total. The molecule has 1 saturated carbocycles. The lowest BCUT2D eigenvalue weighted by Crippen LogP contribution is -2.52. The Balaban J connectivity index is 2.14. The van der Waals surface area contributed by atoms with E-state index in [-0.39, 0.29) is 22.3 Å². The van der Waals surface area contributed by atoms with Crippen LogP contribution >= 0.6 is 23.1 Å². The number of amides is 2. The van der Waals surface area contributed by atoms with Crippen LogP contribution in [0, 0.1) is 5.82 Å². The number of halogens is 2. The van der Waals surface area contributed by atoms with Crippen LogP contribution in [0.15, 0.2) is 23.6 Å². The standard InChI is InChI=1S/C20H24ClFN4O2S/c1-20(2,3)23-18(27)17(16-13(21)9-6-10-14(16)22)26(12-7-4-5-8-12)19(28)15-11-29-25-24-15/h6,9-12,17H,4-5,7-8H2,1-3H3,(H,23,27). The molecule has 1 aromatic carbocycles. The zero-order valence-electron chi connectivity index (χ0n) is 16.6. The molecule has 2 aromatic rings. The molecule has 3 rings (SSSR count). The van der Waals surface area contributed by atoms with Crippen LogP contribution in [0.1, 0.15) is 68.5 Å². The molecule has 1 unspecified atom stereocenters.